The van der Waals surface area contributed by atoms with Crippen molar-refractivity contribution in [2.45, 2.75) is 0 Å². The average Bonchev–Trinajstić information content (AvgIpc) is 2.99. The molecule has 9 heteroatoms. The lowest BCUT2D eigenvalue weighted by Gasteiger charge is -2.18. The number of carboxylic acid groups (broad SMARTS) is 2. The molecule has 0 saturated carbocycles. The van der Waals surface area contributed by atoms with Gasteiger partial charge in [-0.15, -0.1) is 0 Å². The van der Waals surface area contributed by atoms with Crippen LogP contribution in [0.5, 0.6) is 0 Å². The number of hydrogen-bond acceptors (Lipinski definition) is 4. The Bertz CT molecular complexity index is 1320. The van der Waals surface area contributed by atoms with E-state index < -0.39 is 35.4 Å². The number of carbonyl (C=O) groups is 4. The number of anilines is 1. The van der Waals surface area contributed by atoms with Crippen LogP contribution in [0.1, 0.15) is 41.4 Å². The van der Waals surface area contributed by atoms with Crippen molar-refractivity contribution in [3.05, 3.63) is 88.5 Å². The van der Waals surface area contributed by atoms with Crippen LogP contribution in [0.4, 0.5) is 14.5 Å². The predicted octanol–water partition coefficient (Wildman–Crippen LogP) is 3.83. The van der Waals surface area contributed by atoms with Crippen molar-refractivity contribution in [3.63, 3.8) is 0 Å². The van der Waals surface area contributed by atoms with Gasteiger partial charge in [0.25, 0.3) is 11.8 Å². The average molecular weight is 423 g/mol. The molecule has 0 saturated heterocycles. The van der Waals surface area contributed by atoms with Gasteiger partial charge < -0.3 is 10.2 Å². The van der Waals surface area contributed by atoms with E-state index in [1.54, 1.807) is 0 Å². The van der Waals surface area contributed by atoms with Crippen molar-refractivity contribution in [1.29, 1.82) is 0 Å². The molecule has 7 nitrogen and oxygen atoms in total. The summed E-state index contributed by atoms with van der Waals surface area (Å²) >= 11 is 0. The third-order valence-electron chi connectivity index (χ3n) is 4.86. The second kappa shape index (κ2) is 7.13. The first-order valence-corrected chi connectivity index (χ1v) is 8.78. The highest BCUT2D eigenvalue weighted by Gasteiger charge is 2.39. The minimum atomic E-state index is -1.42. The zero-order valence-electron chi connectivity index (χ0n) is 15.4. The molecule has 0 radical (unpaired) electrons. The number of fused-ring (bicyclic) bond motifs is 1. The van der Waals surface area contributed by atoms with E-state index in [2.05, 4.69) is 0 Å². The monoisotopic (exact) mass is 423 g/mol. The third kappa shape index (κ3) is 3.21. The normalized spacial score (nSPS) is 12.8. The van der Waals surface area contributed by atoms with Crippen molar-refractivity contribution < 1.29 is 38.2 Å². The molecule has 0 spiro atoms. The Kier molecular flexibility index (Phi) is 4.58. The van der Waals surface area contributed by atoms with Crippen LogP contribution in [0.3, 0.4) is 0 Å². The van der Waals surface area contributed by atoms with Gasteiger partial charge in [0.05, 0.1) is 27.9 Å². The molecule has 1 aliphatic heterocycles. The molecule has 0 aliphatic carbocycles. The lowest BCUT2D eigenvalue weighted by Crippen LogP contribution is -2.31. The number of amides is 2. The largest absolute Gasteiger partial charge is 0.478 e. The summed E-state index contributed by atoms with van der Waals surface area (Å²) < 4.78 is 26.9. The van der Waals surface area contributed by atoms with Crippen LogP contribution in [0.15, 0.2) is 54.6 Å². The quantitative estimate of drug-likeness (QED) is 0.617. The molecule has 3 aromatic carbocycles. The first-order valence-electron chi connectivity index (χ1n) is 8.78. The molecule has 2 amide bonds. The van der Waals surface area contributed by atoms with Crippen LogP contribution < -0.4 is 4.90 Å². The highest BCUT2D eigenvalue weighted by molar-refractivity contribution is 6.35. The number of rotatable bonds is 4. The molecule has 0 fully saturated rings. The van der Waals surface area contributed by atoms with E-state index in [0.717, 1.165) is 30.3 Å². The van der Waals surface area contributed by atoms with E-state index >= 15 is 0 Å². The molecular formula is C22H11F2NO6. The molecule has 2 N–H and O–H groups in total. The molecule has 3 aromatic rings. The summed E-state index contributed by atoms with van der Waals surface area (Å²) in [4.78, 5) is 49.3. The van der Waals surface area contributed by atoms with Crippen LogP contribution >= 0.6 is 0 Å². The molecule has 1 heterocycles. The first kappa shape index (κ1) is 19.9. The Morgan fingerprint density at radius 2 is 1.35 bits per heavy atom. The van der Waals surface area contributed by atoms with Gasteiger partial charge >= 0.3 is 11.9 Å². The van der Waals surface area contributed by atoms with Gasteiger partial charge in [0.15, 0.2) is 11.6 Å². The number of nitrogens with zero attached hydrogens (tertiary/aromatic N) is 1. The van der Waals surface area contributed by atoms with E-state index in [1.807, 2.05) is 0 Å². The van der Waals surface area contributed by atoms with E-state index in [9.17, 15) is 33.1 Å². The SMILES string of the molecule is O=C(O)c1ccc2c(c1)C(=O)N(c1cc(-c3ccc(F)c(F)c3)ccc1C(=O)O)C2=O. The molecule has 0 atom stereocenters. The summed E-state index contributed by atoms with van der Waals surface area (Å²) in [7, 11) is 0. The maximum absolute atomic E-state index is 13.6. The number of carbonyl (C=O) groups excluding carboxylic acids is 2. The minimum absolute atomic E-state index is 0.0791. The summed E-state index contributed by atoms with van der Waals surface area (Å²) in [6.07, 6.45) is 0. The summed E-state index contributed by atoms with van der Waals surface area (Å²) in [5.74, 6) is -6.64. The molecule has 0 unspecified atom stereocenters. The number of benzene rings is 3. The maximum Gasteiger partial charge on any atom is 0.337 e. The standard InChI is InChI=1S/C22H11F2NO6/c23-16-6-3-10(8-17(16)24)11-1-5-14(22(30)31)18(9-11)25-19(26)13-4-2-12(21(28)29)7-15(13)20(25)27/h1-9H,(H,28,29)(H,30,31). The lowest BCUT2D eigenvalue weighted by atomic mass is 10.0. The van der Waals surface area contributed by atoms with Crippen LogP contribution in [-0.4, -0.2) is 34.0 Å². The first-order chi connectivity index (χ1) is 14.7. The van der Waals surface area contributed by atoms with Crippen molar-refractivity contribution in [1.82, 2.24) is 0 Å². The van der Waals surface area contributed by atoms with Gasteiger partial charge in [0.2, 0.25) is 0 Å². The molecule has 154 valence electrons. The lowest BCUT2D eigenvalue weighted by molar-refractivity contribution is 0.0686. The van der Waals surface area contributed by atoms with Crippen molar-refractivity contribution >= 4 is 29.4 Å². The van der Waals surface area contributed by atoms with E-state index in [-0.39, 0.29) is 39.1 Å². The highest BCUT2D eigenvalue weighted by atomic mass is 19.2. The van der Waals surface area contributed by atoms with Crippen molar-refractivity contribution in [2.24, 2.45) is 0 Å². The predicted molar refractivity (Wildman–Crippen MR) is 103 cm³/mol. The minimum Gasteiger partial charge on any atom is -0.478 e. The zero-order valence-corrected chi connectivity index (χ0v) is 15.4. The summed E-state index contributed by atoms with van der Waals surface area (Å²) in [6, 6.07) is 10.1. The van der Waals surface area contributed by atoms with E-state index in [4.69, 9.17) is 5.11 Å². The molecular weight excluding hydrogens is 412 g/mol. The number of halogens is 2. The van der Waals surface area contributed by atoms with Crippen molar-refractivity contribution in [3.8, 4) is 11.1 Å². The molecule has 0 bridgehead atoms. The van der Waals surface area contributed by atoms with Crippen LogP contribution in [-0.2, 0) is 0 Å². The Morgan fingerprint density at radius 3 is 2.00 bits per heavy atom. The smallest absolute Gasteiger partial charge is 0.337 e. The Morgan fingerprint density at radius 1 is 0.710 bits per heavy atom. The number of carboxylic acids is 2. The fourth-order valence-corrected chi connectivity index (χ4v) is 3.35. The molecule has 31 heavy (non-hydrogen) atoms. The van der Waals surface area contributed by atoms with Crippen LogP contribution in [0, 0.1) is 11.6 Å². The van der Waals surface area contributed by atoms with Gasteiger partial charge in [-0.1, -0.05) is 12.1 Å². The third-order valence-corrected chi connectivity index (χ3v) is 4.86. The van der Waals surface area contributed by atoms with Gasteiger partial charge in [-0.25, -0.2) is 23.3 Å². The van der Waals surface area contributed by atoms with Gasteiger partial charge in [0.1, 0.15) is 0 Å². The van der Waals surface area contributed by atoms with Gasteiger partial charge in [-0.2, -0.15) is 0 Å². The number of hydrogen-bond donors (Lipinski definition) is 2. The number of imide groups is 1. The van der Waals surface area contributed by atoms with E-state index in [0.29, 0.717) is 4.90 Å². The Labute approximate surface area is 172 Å². The second-order valence-corrected chi connectivity index (χ2v) is 6.68. The van der Waals surface area contributed by atoms with Crippen LogP contribution in [0.2, 0.25) is 0 Å². The topological polar surface area (TPSA) is 112 Å². The van der Waals surface area contributed by atoms with Gasteiger partial charge in [0, 0.05) is 0 Å². The Balaban J connectivity index is 1.87. The molecule has 4 rings (SSSR count). The Hall–Kier alpha value is -4.40. The van der Waals surface area contributed by atoms with Crippen molar-refractivity contribution in [2.75, 3.05) is 4.90 Å². The fourth-order valence-electron chi connectivity index (χ4n) is 3.35. The second-order valence-electron chi connectivity index (χ2n) is 6.68. The zero-order chi connectivity index (χ0) is 22.4. The maximum atomic E-state index is 13.6. The summed E-state index contributed by atoms with van der Waals surface area (Å²) in [5, 5.41) is 18.7. The highest BCUT2D eigenvalue weighted by Crippen LogP contribution is 2.35. The van der Waals surface area contributed by atoms with Gasteiger partial charge in [-0.05, 0) is 53.6 Å². The number of aromatic carboxylic acids is 2. The molecule has 1 aliphatic rings. The van der Waals surface area contributed by atoms with Gasteiger partial charge in [-0.3, -0.25) is 9.59 Å². The van der Waals surface area contributed by atoms with E-state index in [1.165, 1.54) is 24.3 Å². The summed E-state index contributed by atoms with van der Waals surface area (Å²) in [5.41, 5.74) is -0.694. The molecule has 0 aromatic heterocycles. The summed E-state index contributed by atoms with van der Waals surface area (Å²) in [6.45, 7) is 0. The fraction of sp³-hybridized carbons (Fsp3) is 0. The van der Waals surface area contributed by atoms with Crippen LogP contribution in [0.25, 0.3) is 11.1 Å².